The molecule has 2 aliphatic heterocycles. The fraction of sp³-hybridized carbons (Fsp3) is 0.391. The summed E-state index contributed by atoms with van der Waals surface area (Å²) in [4.78, 5) is 32.6. The third kappa shape index (κ3) is 9.78. The molecular weight excluding hydrogens is 677 g/mol. The summed E-state index contributed by atoms with van der Waals surface area (Å²) in [6.07, 6.45) is 8.70. The van der Waals surface area contributed by atoms with Gasteiger partial charge in [-0.1, -0.05) is 82.7 Å². The summed E-state index contributed by atoms with van der Waals surface area (Å²) in [6.45, 7) is 8.16. The van der Waals surface area contributed by atoms with Gasteiger partial charge in [0.05, 0.1) is 13.2 Å². The molecule has 5 aromatic rings. The van der Waals surface area contributed by atoms with Gasteiger partial charge in [-0.25, -0.2) is 0 Å². The van der Waals surface area contributed by atoms with E-state index in [-0.39, 0.29) is 24.0 Å². The lowest BCUT2D eigenvalue weighted by molar-refractivity contribution is 0.0980. The van der Waals surface area contributed by atoms with Crippen molar-refractivity contribution in [2.75, 3.05) is 49.3 Å². The Hall–Kier alpha value is -4.92. The molecule has 2 aliphatic rings. The van der Waals surface area contributed by atoms with E-state index in [2.05, 4.69) is 13.8 Å². The summed E-state index contributed by atoms with van der Waals surface area (Å²) >= 11 is 0. The molecule has 0 saturated carbocycles. The zero-order valence-corrected chi connectivity index (χ0v) is 31.6. The quantitative estimate of drug-likeness (QED) is 0.0586. The first-order chi connectivity index (χ1) is 26.5. The fourth-order valence-corrected chi connectivity index (χ4v) is 6.83. The van der Waals surface area contributed by atoms with Gasteiger partial charge >= 0.3 is 0 Å². The van der Waals surface area contributed by atoms with Crippen LogP contribution in [0.4, 0.5) is 11.4 Å². The van der Waals surface area contributed by atoms with Crippen LogP contribution < -0.4 is 19.3 Å². The van der Waals surface area contributed by atoms with E-state index in [0.717, 1.165) is 109 Å². The van der Waals surface area contributed by atoms with Gasteiger partial charge in [-0.3, -0.25) is 9.59 Å². The maximum Gasteiger partial charge on any atom is 0.258 e. The minimum Gasteiger partial charge on any atom is -0.491 e. The number of carbonyl (C=O) groups excluding carboxylic acids is 2. The van der Waals surface area contributed by atoms with Crippen LogP contribution >= 0.6 is 0 Å². The lowest BCUT2D eigenvalue weighted by atomic mass is 10.0. The van der Waals surface area contributed by atoms with E-state index in [9.17, 15) is 9.59 Å². The average molecular weight is 729 g/mol. The fourth-order valence-electron chi connectivity index (χ4n) is 6.83. The van der Waals surface area contributed by atoms with Crippen LogP contribution in [0.5, 0.6) is 11.5 Å². The van der Waals surface area contributed by atoms with Crippen LogP contribution in [0.1, 0.15) is 85.9 Å². The highest BCUT2D eigenvalue weighted by Gasteiger charge is 2.25. The van der Waals surface area contributed by atoms with Crippen molar-refractivity contribution in [3.63, 3.8) is 0 Å². The number of epoxide rings is 2. The second kappa shape index (κ2) is 17.9. The van der Waals surface area contributed by atoms with Crippen molar-refractivity contribution < 1.29 is 28.5 Å². The van der Waals surface area contributed by atoms with E-state index < -0.39 is 0 Å². The molecule has 54 heavy (non-hydrogen) atoms. The first-order valence-electron chi connectivity index (χ1n) is 19.8. The second-order valence-corrected chi connectivity index (χ2v) is 14.5. The molecule has 5 aromatic carbocycles. The Bertz CT molecular complexity index is 1910. The number of ether oxygens (including phenoxy) is 4. The summed E-state index contributed by atoms with van der Waals surface area (Å²) < 4.78 is 22.3. The lowest BCUT2D eigenvalue weighted by Gasteiger charge is -2.27. The zero-order chi connectivity index (χ0) is 37.3. The van der Waals surface area contributed by atoms with Crippen LogP contribution in [0.25, 0.3) is 21.5 Å². The second-order valence-electron chi connectivity index (χ2n) is 14.5. The van der Waals surface area contributed by atoms with Crippen molar-refractivity contribution in [2.45, 2.75) is 77.4 Å². The van der Waals surface area contributed by atoms with Gasteiger partial charge < -0.3 is 28.7 Å². The first kappa shape index (κ1) is 37.4. The van der Waals surface area contributed by atoms with Crippen LogP contribution in [0.15, 0.2) is 97.1 Å². The molecule has 8 nitrogen and oxygen atoms in total. The topological polar surface area (TPSA) is 84.1 Å². The van der Waals surface area contributed by atoms with Crippen molar-refractivity contribution in [3.8, 4) is 11.5 Å². The molecule has 2 amide bonds. The summed E-state index contributed by atoms with van der Waals surface area (Å²) in [5.41, 5.74) is 2.83. The van der Waals surface area contributed by atoms with E-state index in [1.165, 1.54) is 0 Å². The van der Waals surface area contributed by atoms with E-state index in [4.69, 9.17) is 18.9 Å². The predicted octanol–water partition coefficient (Wildman–Crippen LogP) is 10.0. The number of rotatable bonds is 20. The molecule has 0 radical (unpaired) electrons. The van der Waals surface area contributed by atoms with Crippen molar-refractivity contribution in [3.05, 3.63) is 108 Å². The van der Waals surface area contributed by atoms with Crippen LogP contribution in [0.2, 0.25) is 0 Å². The molecule has 282 valence electrons. The standard InChI is InChI=1S/C46H52N2O6/c1-3-5-7-9-22-47(45(49)37-16-14-35-26-41(20-18-33(35)24-37)51-29-43-31-53-43)39-12-11-13-40(28-39)48(23-10-8-6-4-2)46(50)38-17-15-36-27-42(21-19-34(36)25-38)52-30-44-32-54-44/h11-21,24-28,43-44H,3-10,22-23,29-32H2,1-2H3. The van der Waals surface area contributed by atoms with Crippen LogP contribution in [-0.2, 0) is 9.47 Å². The van der Waals surface area contributed by atoms with E-state index in [1.54, 1.807) is 0 Å². The van der Waals surface area contributed by atoms with Crippen LogP contribution in [0.3, 0.4) is 0 Å². The summed E-state index contributed by atoms with van der Waals surface area (Å²) in [6, 6.07) is 31.6. The Balaban J connectivity index is 1.14. The number of unbranched alkanes of at least 4 members (excludes halogenated alkanes) is 6. The Kier molecular flexibility index (Phi) is 12.4. The number of nitrogens with zero attached hydrogens (tertiary/aromatic N) is 2. The lowest BCUT2D eigenvalue weighted by Crippen LogP contribution is -2.34. The summed E-state index contributed by atoms with van der Waals surface area (Å²) in [7, 11) is 0. The molecule has 0 aromatic heterocycles. The van der Waals surface area contributed by atoms with Gasteiger partial charge in [0.2, 0.25) is 0 Å². The molecule has 0 bridgehead atoms. The van der Waals surface area contributed by atoms with Crippen LogP contribution in [-0.4, -0.2) is 63.5 Å². The molecule has 0 aliphatic carbocycles. The molecule has 2 saturated heterocycles. The third-order valence-corrected chi connectivity index (χ3v) is 10.2. The Morgan fingerprint density at radius 1 is 0.556 bits per heavy atom. The molecule has 2 heterocycles. The average Bonchev–Trinajstić information content (AvgIpc) is 4.15. The number of anilines is 2. The molecule has 0 spiro atoms. The van der Waals surface area contributed by atoms with Crippen molar-refractivity contribution >= 4 is 44.7 Å². The number of amides is 2. The molecule has 2 fully saturated rings. The monoisotopic (exact) mass is 728 g/mol. The maximum absolute atomic E-state index is 14.4. The smallest absolute Gasteiger partial charge is 0.258 e. The Morgan fingerprint density at radius 3 is 1.41 bits per heavy atom. The Labute approximate surface area is 318 Å². The van der Waals surface area contributed by atoms with Gasteiger partial charge in [-0.05, 0) is 101 Å². The predicted molar refractivity (Wildman–Crippen MR) is 216 cm³/mol. The molecule has 2 atom stereocenters. The molecule has 7 rings (SSSR count). The minimum absolute atomic E-state index is 0.0554. The normalized spacial score (nSPS) is 16.0. The SMILES string of the molecule is CCCCCCN(C(=O)c1ccc2cc(OCC3CO3)ccc2c1)c1cccc(N(CCCCCC)C(=O)c2ccc3cc(OCC4CO4)ccc3c2)c1. The Morgan fingerprint density at radius 2 is 0.981 bits per heavy atom. The number of hydrogen-bond acceptors (Lipinski definition) is 6. The first-order valence-corrected chi connectivity index (χ1v) is 19.8. The van der Waals surface area contributed by atoms with Gasteiger partial charge in [0.1, 0.15) is 36.9 Å². The summed E-state index contributed by atoms with van der Waals surface area (Å²) in [5.74, 6) is 1.48. The number of carbonyl (C=O) groups is 2. The third-order valence-electron chi connectivity index (χ3n) is 10.2. The highest BCUT2D eigenvalue weighted by Crippen LogP contribution is 2.30. The van der Waals surface area contributed by atoms with E-state index >= 15 is 0 Å². The number of hydrogen-bond donors (Lipinski definition) is 0. The van der Waals surface area contributed by atoms with Crippen molar-refractivity contribution in [2.24, 2.45) is 0 Å². The molecule has 8 heteroatoms. The highest BCUT2D eigenvalue weighted by atomic mass is 16.6. The van der Waals surface area contributed by atoms with E-state index in [0.29, 0.717) is 37.4 Å². The molecule has 2 unspecified atom stereocenters. The maximum atomic E-state index is 14.4. The van der Waals surface area contributed by atoms with Gasteiger partial charge in [0, 0.05) is 35.6 Å². The van der Waals surface area contributed by atoms with Gasteiger partial charge in [0.25, 0.3) is 11.8 Å². The van der Waals surface area contributed by atoms with Crippen molar-refractivity contribution in [1.29, 1.82) is 0 Å². The van der Waals surface area contributed by atoms with Gasteiger partial charge in [0.15, 0.2) is 0 Å². The molecular formula is C46H52N2O6. The van der Waals surface area contributed by atoms with Crippen LogP contribution in [0, 0.1) is 0 Å². The molecule has 0 N–H and O–H groups in total. The van der Waals surface area contributed by atoms with E-state index in [1.807, 2.05) is 107 Å². The summed E-state index contributed by atoms with van der Waals surface area (Å²) in [5, 5.41) is 3.99. The van der Waals surface area contributed by atoms with Gasteiger partial charge in [-0.15, -0.1) is 0 Å². The van der Waals surface area contributed by atoms with Gasteiger partial charge in [-0.2, -0.15) is 0 Å². The highest BCUT2D eigenvalue weighted by molar-refractivity contribution is 6.10. The zero-order valence-electron chi connectivity index (χ0n) is 31.6. The minimum atomic E-state index is -0.0554. The number of fused-ring (bicyclic) bond motifs is 2. The van der Waals surface area contributed by atoms with Crippen molar-refractivity contribution in [1.82, 2.24) is 0 Å². The number of benzene rings is 5. The largest absolute Gasteiger partial charge is 0.491 e.